The van der Waals surface area contributed by atoms with E-state index in [9.17, 15) is 14.2 Å². The number of carbonyl (C=O) groups is 1. The van der Waals surface area contributed by atoms with Crippen LogP contribution >= 0.6 is 12.4 Å². The van der Waals surface area contributed by atoms with E-state index < -0.39 is 21.7 Å². The second kappa shape index (κ2) is 14.3. The summed E-state index contributed by atoms with van der Waals surface area (Å²) >= 11 is -1.97. The number of hydrogen-bond donors (Lipinski definition) is 2. The molecular formula is C24H33ClN2O6S. The average molecular weight is 513 g/mol. The van der Waals surface area contributed by atoms with Crippen molar-refractivity contribution in [1.29, 1.82) is 0 Å². The lowest BCUT2D eigenvalue weighted by Crippen LogP contribution is -2.57. The zero-order chi connectivity index (χ0) is 23.5. The van der Waals surface area contributed by atoms with Gasteiger partial charge in [0, 0.05) is 26.7 Å². The third kappa shape index (κ3) is 7.68. The number of hydrogen-bond acceptors (Lipinski definition) is 7. The topological polar surface area (TPSA) is 97.3 Å². The van der Waals surface area contributed by atoms with Crippen molar-refractivity contribution in [3.63, 3.8) is 0 Å². The van der Waals surface area contributed by atoms with Crippen molar-refractivity contribution >= 4 is 29.4 Å². The minimum Gasteiger partial charge on any atom is -0.494 e. The van der Waals surface area contributed by atoms with Crippen molar-refractivity contribution in [3.05, 3.63) is 60.2 Å². The molecule has 1 unspecified atom stereocenters. The van der Waals surface area contributed by atoms with Crippen molar-refractivity contribution in [2.24, 2.45) is 0 Å². The Morgan fingerprint density at radius 2 is 1.71 bits per heavy atom. The summed E-state index contributed by atoms with van der Waals surface area (Å²) in [6.07, 6.45) is 2.45. The zero-order valence-corrected chi connectivity index (χ0v) is 20.9. The quantitative estimate of drug-likeness (QED) is 0.256. The molecule has 8 nitrogen and oxygen atoms in total. The molecule has 0 bridgehead atoms. The lowest BCUT2D eigenvalue weighted by molar-refractivity contribution is -0.133. The lowest BCUT2D eigenvalue weighted by Gasteiger charge is -2.38. The molecule has 1 aliphatic rings. The van der Waals surface area contributed by atoms with Crippen molar-refractivity contribution in [1.82, 2.24) is 10.4 Å². The van der Waals surface area contributed by atoms with E-state index in [2.05, 4.69) is 17.0 Å². The Hall–Kier alpha value is -2.17. The molecule has 188 valence electrons. The van der Waals surface area contributed by atoms with Crippen LogP contribution in [0.25, 0.3) is 0 Å². The minimum absolute atomic E-state index is 0. The summed E-state index contributed by atoms with van der Waals surface area (Å²) < 4.78 is 28.3. The highest BCUT2D eigenvalue weighted by atomic mass is 35.5. The number of halogens is 1. The first-order valence-corrected chi connectivity index (χ1v) is 12.2. The highest BCUT2D eigenvalue weighted by molar-refractivity contribution is 7.83. The Labute approximate surface area is 209 Å². The van der Waals surface area contributed by atoms with Crippen LogP contribution < -0.4 is 14.4 Å². The highest BCUT2D eigenvalue weighted by Gasteiger charge is 2.49. The molecule has 2 N–H and O–H groups in total. The normalized spacial score (nSPS) is 16.2. The molecule has 10 heteroatoms. The van der Waals surface area contributed by atoms with Gasteiger partial charge in [0.05, 0.1) is 13.2 Å². The first kappa shape index (κ1) is 28.1. The maximum Gasteiger partial charge on any atom is 0.265 e. The van der Waals surface area contributed by atoms with E-state index in [4.69, 9.17) is 13.7 Å². The van der Waals surface area contributed by atoms with Gasteiger partial charge in [-0.15, -0.1) is 12.4 Å². The zero-order valence-electron chi connectivity index (χ0n) is 19.3. The van der Waals surface area contributed by atoms with E-state index in [0.717, 1.165) is 19.4 Å². The maximum absolute atomic E-state index is 13.1. The highest BCUT2D eigenvalue weighted by Crippen LogP contribution is 2.31. The van der Waals surface area contributed by atoms with Gasteiger partial charge >= 0.3 is 0 Å². The fourth-order valence-corrected chi connectivity index (χ4v) is 4.96. The summed E-state index contributed by atoms with van der Waals surface area (Å²) in [4.78, 5) is 14.6. The average Bonchev–Trinajstić information content (AvgIpc) is 2.86. The number of aryl methyl sites for hydroxylation is 1. The smallest absolute Gasteiger partial charge is 0.265 e. The number of nitrogens with one attached hydrogen (secondary N) is 1. The van der Waals surface area contributed by atoms with E-state index in [-0.39, 0.29) is 12.4 Å². The van der Waals surface area contributed by atoms with Crippen LogP contribution in [0.3, 0.4) is 0 Å². The van der Waals surface area contributed by atoms with E-state index >= 15 is 0 Å². The van der Waals surface area contributed by atoms with Crippen LogP contribution in [0.2, 0.25) is 0 Å². The Bertz CT molecular complexity index is 892. The van der Waals surface area contributed by atoms with Crippen LogP contribution in [0.5, 0.6) is 11.5 Å². The summed E-state index contributed by atoms with van der Waals surface area (Å²) in [5.41, 5.74) is 2.95. The van der Waals surface area contributed by atoms with Crippen molar-refractivity contribution in [3.8, 4) is 11.5 Å². The summed E-state index contributed by atoms with van der Waals surface area (Å²) in [7, 11) is 1.64. The summed E-state index contributed by atoms with van der Waals surface area (Å²) in [5.74, 6) is 0.373. The van der Waals surface area contributed by atoms with E-state index in [1.54, 1.807) is 36.9 Å². The monoisotopic (exact) mass is 512 g/mol. The molecule has 0 saturated carbocycles. The summed E-state index contributed by atoms with van der Waals surface area (Å²) in [6, 6.07) is 17.1. The number of rotatable bonds is 12. The number of carbonyl (C=O) groups excluding carboxylic acids is 1. The van der Waals surface area contributed by atoms with Gasteiger partial charge in [-0.1, -0.05) is 30.3 Å². The van der Waals surface area contributed by atoms with Gasteiger partial charge in [0.15, 0.2) is 4.75 Å². The van der Waals surface area contributed by atoms with Gasteiger partial charge in [0.2, 0.25) is 11.1 Å². The Kier molecular flexibility index (Phi) is 11.8. The van der Waals surface area contributed by atoms with Gasteiger partial charge in [-0.05, 0) is 55.5 Å². The second-order valence-electron chi connectivity index (χ2n) is 8.00. The van der Waals surface area contributed by atoms with E-state index in [0.29, 0.717) is 50.6 Å². The summed E-state index contributed by atoms with van der Waals surface area (Å²) in [5, 5.41) is 9.25. The molecule has 1 atom stereocenters. The Morgan fingerprint density at radius 1 is 1.06 bits per heavy atom. The molecule has 1 amide bonds. The number of piperidine rings is 1. The van der Waals surface area contributed by atoms with Crippen molar-refractivity contribution < 1.29 is 27.9 Å². The molecule has 0 aromatic heterocycles. The molecule has 0 spiro atoms. The Morgan fingerprint density at radius 3 is 2.32 bits per heavy atom. The molecule has 2 aromatic rings. The van der Waals surface area contributed by atoms with Crippen LogP contribution in [0.1, 0.15) is 24.8 Å². The standard InChI is InChI=1S/C24H32N2O6S.ClH/c1-30-19-17-26-15-13-24(14-16-26,23(27)25-28)33(29)32-22-11-9-21(10-12-22)31-18-5-8-20-6-3-2-4-7-20;/h2-4,6-7,9-12,28H,5,8,13-19H2,1H3,(H,25,27);1H. The van der Waals surface area contributed by atoms with Gasteiger partial charge in [-0.2, -0.15) is 0 Å². The number of ether oxygens (including phenoxy) is 2. The van der Waals surface area contributed by atoms with Gasteiger partial charge in [0.25, 0.3) is 5.91 Å². The van der Waals surface area contributed by atoms with Crippen LogP contribution in [0.4, 0.5) is 0 Å². The molecule has 1 saturated heterocycles. The van der Waals surface area contributed by atoms with Crippen LogP contribution in [0.15, 0.2) is 54.6 Å². The SMILES string of the molecule is COCCN1CCC(C(=O)NO)(S(=O)Oc2ccc(OCCCc3ccccc3)cc2)CC1.Cl. The van der Waals surface area contributed by atoms with Gasteiger partial charge in [0.1, 0.15) is 11.5 Å². The summed E-state index contributed by atoms with van der Waals surface area (Å²) in [6.45, 7) is 3.01. The van der Waals surface area contributed by atoms with Crippen molar-refractivity contribution in [2.45, 2.75) is 30.4 Å². The molecule has 34 heavy (non-hydrogen) atoms. The predicted molar refractivity (Wildman–Crippen MR) is 133 cm³/mol. The van der Waals surface area contributed by atoms with Gasteiger partial charge in [-0.25, -0.2) is 9.69 Å². The van der Waals surface area contributed by atoms with Crippen molar-refractivity contribution in [2.75, 3.05) is 40.0 Å². The first-order valence-electron chi connectivity index (χ1n) is 11.1. The lowest BCUT2D eigenvalue weighted by atomic mass is 9.95. The van der Waals surface area contributed by atoms with E-state index in [1.165, 1.54) is 5.56 Å². The molecule has 3 rings (SSSR count). The largest absolute Gasteiger partial charge is 0.494 e. The molecule has 0 radical (unpaired) electrons. The van der Waals surface area contributed by atoms with Crippen LogP contribution in [0, 0.1) is 0 Å². The fourth-order valence-electron chi connectivity index (χ4n) is 3.80. The minimum atomic E-state index is -1.97. The van der Waals surface area contributed by atoms with Gasteiger partial charge < -0.3 is 18.6 Å². The second-order valence-corrected chi connectivity index (χ2v) is 9.41. The third-order valence-corrected chi connectivity index (χ3v) is 7.40. The van der Waals surface area contributed by atoms with Crippen LogP contribution in [-0.2, 0) is 27.0 Å². The number of likely N-dealkylation sites (tertiary alicyclic amines) is 1. The fraction of sp³-hybridized carbons (Fsp3) is 0.458. The number of hydroxylamine groups is 1. The third-order valence-electron chi connectivity index (χ3n) is 5.83. The maximum atomic E-state index is 13.1. The number of amides is 1. The molecule has 1 heterocycles. The predicted octanol–water partition coefficient (Wildman–Crippen LogP) is 3.15. The molecule has 2 aromatic carbocycles. The molecule has 1 aliphatic heterocycles. The molecule has 1 fully saturated rings. The van der Waals surface area contributed by atoms with Crippen LogP contribution in [-0.4, -0.2) is 64.9 Å². The number of benzene rings is 2. The molecule has 0 aliphatic carbocycles. The number of methoxy groups -OCH3 is 1. The number of nitrogens with zero attached hydrogens (tertiary/aromatic N) is 1. The van der Waals surface area contributed by atoms with E-state index in [1.807, 2.05) is 18.2 Å². The van der Waals surface area contributed by atoms with Gasteiger partial charge in [-0.3, -0.25) is 10.0 Å². The first-order chi connectivity index (χ1) is 16.1. The molecular weight excluding hydrogens is 480 g/mol. The Balaban J connectivity index is 0.00000408.